The van der Waals surface area contributed by atoms with E-state index in [-0.39, 0.29) is 30.1 Å². The summed E-state index contributed by atoms with van der Waals surface area (Å²) in [6.07, 6.45) is 7.15. The molecule has 0 radical (unpaired) electrons. The minimum Gasteiger partial charge on any atom is -0.391 e. The number of benzene rings is 1. The summed E-state index contributed by atoms with van der Waals surface area (Å²) in [5, 5.41) is 19.9. The Hall–Kier alpha value is -2.41. The molecule has 3 amide bonds. The lowest BCUT2D eigenvalue weighted by molar-refractivity contribution is -0.125. The normalized spacial score (nSPS) is 22.2. The van der Waals surface area contributed by atoms with Crippen LogP contribution in [-0.2, 0) is 4.79 Å². The molecule has 190 valence electrons. The zero-order valence-electron chi connectivity index (χ0n) is 21.1. The van der Waals surface area contributed by atoms with E-state index in [1.165, 1.54) is 0 Å². The lowest BCUT2D eigenvalue weighted by Crippen LogP contribution is -2.46. The van der Waals surface area contributed by atoms with E-state index in [2.05, 4.69) is 29.8 Å². The molecule has 34 heavy (non-hydrogen) atoms. The molecule has 2 rings (SSSR count). The van der Waals surface area contributed by atoms with Crippen LogP contribution >= 0.6 is 0 Å². The fourth-order valence-corrected chi connectivity index (χ4v) is 4.39. The molecule has 1 aromatic rings. The minimum absolute atomic E-state index is 0.0706. The second-order valence-electron chi connectivity index (χ2n) is 9.81. The molecular weight excluding hydrogens is 430 g/mol. The molecule has 0 saturated heterocycles. The van der Waals surface area contributed by atoms with Gasteiger partial charge in [0.1, 0.15) is 0 Å². The highest BCUT2D eigenvalue weighted by Crippen LogP contribution is 2.21. The Bertz CT molecular complexity index is 798. The third-order valence-corrected chi connectivity index (χ3v) is 6.61. The van der Waals surface area contributed by atoms with Crippen LogP contribution in [0.25, 0.3) is 0 Å². The van der Waals surface area contributed by atoms with Gasteiger partial charge in [0, 0.05) is 30.1 Å². The van der Waals surface area contributed by atoms with Gasteiger partial charge in [0.2, 0.25) is 5.91 Å². The number of hydrogen-bond acceptors (Lipinski definition) is 4. The number of unbranched alkanes of at least 4 members (excludes halogenated alkanes) is 1. The summed E-state index contributed by atoms with van der Waals surface area (Å²) in [7, 11) is 0. The summed E-state index contributed by atoms with van der Waals surface area (Å²) in [6.45, 7) is 7.30. The van der Waals surface area contributed by atoms with Crippen LogP contribution in [0, 0.1) is 11.8 Å². The number of amides is 3. The van der Waals surface area contributed by atoms with Crippen LogP contribution in [0.5, 0.6) is 0 Å². The van der Waals surface area contributed by atoms with Gasteiger partial charge in [-0.2, -0.15) is 0 Å². The van der Waals surface area contributed by atoms with Crippen molar-refractivity contribution in [2.45, 2.75) is 90.7 Å². The standard InChI is InChI=1S/C27H43N3O4/c1-4-5-14-28-25(32)20(3)17-24(31)23-16-19(2)11-8-6-7-9-15-29-26(33)21-12-10-13-22(18-21)27(34)30-23/h10,12-13,18-20,23-24,31H,4-9,11,14-17H2,1-3H3,(H,28,32)(H,29,33)(H,30,34)/t19-,20?,23?,24?/m1/s1. The van der Waals surface area contributed by atoms with Gasteiger partial charge in [-0.3, -0.25) is 14.4 Å². The lowest BCUT2D eigenvalue weighted by atomic mass is 9.89. The summed E-state index contributed by atoms with van der Waals surface area (Å²) in [5.74, 6) is -0.606. The molecule has 2 bridgehead atoms. The first-order valence-electron chi connectivity index (χ1n) is 13.0. The van der Waals surface area contributed by atoms with Crippen molar-refractivity contribution in [3.05, 3.63) is 35.4 Å². The van der Waals surface area contributed by atoms with Gasteiger partial charge in [0.05, 0.1) is 12.1 Å². The van der Waals surface area contributed by atoms with Gasteiger partial charge in [0.15, 0.2) is 0 Å². The lowest BCUT2D eigenvalue weighted by Gasteiger charge is -2.28. The minimum atomic E-state index is -0.844. The molecular formula is C27H43N3O4. The predicted octanol–water partition coefficient (Wildman–Crippen LogP) is 3.81. The molecule has 1 heterocycles. The highest BCUT2D eigenvalue weighted by Gasteiger charge is 2.27. The fraction of sp³-hybridized carbons (Fsp3) is 0.667. The van der Waals surface area contributed by atoms with Crippen molar-refractivity contribution in [3.63, 3.8) is 0 Å². The summed E-state index contributed by atoms with van der Waals surface area (Å²) < 4.78 is 0. The molecule has 1 aliphatic heterocycles. The van der Waals surface area contributed by atoms with Crippen molar-refractivity contribution in [1.29, 1.82) is 0 Å². The molecule has 0 aliphatic carbocycles. The number of carbonyl (C=O) groups excluding carboxylic acids is 3. The maximum atomic E-state index is 13.1. The van der Waals surface area contributed by atoms with Gasteiger partial charge in [-0.05, 0) is 49.8 Å². The summed E-state index contributed by atoms with van der Waals surface area (Å²) in [5.41, 5.74) is 0.831. The molecule has 0 fully saturated rings. The topological polar surface area (TPSA) is 108 Å². The van der Waals surface area contributed by atoms with Crippen LogP contribution in [0.15, 0.2) is 24.3 Å². The van der Waals surface area contributed by atoms with E-state index in [4.69, 9.17) is 0 Å². The van der Waals surface area contributed by atoms with Gasteiger partial charge in [-0.15, -0.1) is 0 Å². The van der Waals surface area contributed by atoms with Crippen LogP contribution in [0.1, 0.15) is 99.3 Å². The second-order valence-corrected chi connectivity index (χ2v) is 9.81. The van der Waals surface area contributed by atoms with E-state index in [0.29, 0.717) is 36.6 Å². The molecule has 4 atom stereocenters. The number of fused-ring (bicyclic) bond motifs is 2. The summed E-state index contributed by atoms with van der Waals surface area (Å²) in [4.78, 5) is 37.9. The van der Waals surface area contributed by atoms with Crippen molar-refractivity contribution in [3.8, 4) is 0 Å². The molecule has 0 aromatic heterocycles. The average molecular weight is 474 g/mol. The molecule has 3 unspecified atom stereocenters. The van der Waals surface area contributed by atoms with Crippen molar-refractivity contribution in [2.24, 2.45) is 11.8 Å². The van der Waals surface area contributed by atoms with Gasteiger partial charge in [0.25, 0.3) is 11.8 Å². The largest absolute Gasteiger partial charge is 0.391 e. The van der Waals surface area contributed by atoms with Crippen molar-refractivity contribution >= 4 is 17.7 Å². The highest BCUT2D eigenvalue weighted by molar-refractivity contribution is 5.99. The van der Waals surface area contributed by atoms with Crippen molar-refractivity contribution in [1.82, 2.24) is 16.0 Å². The van der Waals surface area contributed by atoms with Crippen molar-refractivity contribution < 1.29 is 19.5 Å². The SMILES string of the molecule is CCCCNC(=O)C(C)CC(O)C1C[C@H](C)CCCCCCNC(=O)c2cccc(c2)C(=O)N1. The zero-order valence-corrected chi connectivity index (χ0v) is 21.1. The van der Waals surface area contributed by atoms with E-state index in [9.17, 15) is 19.5 Å². The summed E-state index contributed by atoms with van der Waals surface area (Å²) in [6, 6.07) is 6.18. The number of aliphatic hydroxyl groups excluding tert-OH is 1. The Morgan fingerprint density at radius 2 is 1.85 bits per heavy atom. The van der Waals surface area contributed by atoms with Crippen LogP contribution in [0.4, 0.5) is 0 Å². The highest BCUT2D eigenvalue weighted by atomic mass is 16.3. The van der Waals surface area contributed by atoms with Crippen LogP contribution in [0.2, 0.25) is 0 Å². The van der Waals surface area contributed by atoms with Crippen LogP contribution < -0.4 is 16.0 Å². The fourth-order valence-electron chi connectivity index (χ4n) is 4.39. The van der Waals surface area contributed by atoms with E-state index in [1.807, 2.05) is 6.92 Å². The Morgan fingerprint density at radius 3 is 2.59 bits per heavy atom. The number of nitrogens with one attached hydrogen (secondary N) is 3. The number of carbonyl (C=O) groups is 3. The van der Waals surface area contributed by atoms with Crippen LogP contribution in [0.3, 0.4) is 0 Å². The third kappa shape index (κ3) is 9.45. The van der Waals surface area contributed by atoms with Gasteiger partial charge >= 0.3 is 0 Å². The first kappa shape index (κ1) is 27.8. The molecule has 1 aliphatic rings. The van der Waals surface area contributed by atoms with E-state index in [1.54, 1.807) is 24.3 Å². The smallest absolute Gasteiger partial charge is 0.251 e. The van der Waals surface area contributed by atoms with Crippen molar-refractivity contribution in [2.75, 3.05) is 13.1 Å². The molecule has 7 nitrogen and oxygen atoms in total. The van der Waals surface area contributed by atoms with E-state index < -0.39 is 12.1 Å². The van der Waals surface area contributed by atoms with Crippen LogP contribution in [-0.4, -0.2) is 48.1 Å². The van der Waals surface area contributed by atoms with E-state index >= 15 is 0 Å². The molecule has 4 N–H and O–H groups in total. The van der Waals surface area contributed by atoms with Gasteiger partial charge < -0.3 is 21.1 Å². The molecule has 0 saturated carbocycles. The second kappa shape index (κ2) is 14.8. The molecule has 7 heteroatoms. The zero-order chi connectivity index (χ0) is 24.9. The van der Waals surface area contributed by atoms with Gasteiger partial charge in [-0.25, -0.2) is 0 Å². The van der Waals surface area contributed by atoms with Gasteiger partial charge in [-0.1, -0.05) is 58.9 Å². The van der Waals surface area contributed by atoms with E-state index in [0.717, 1.165) is 44.9 Å². The Labute approximate surface area is 204 Å². The third-order valence-electron chi connectivity index (χ3n) is 6.61. The average Bonchev–Trinajstić information content (AvgIpc) is 2.82. The number of aliphatic hydroxyl groups is 1. The maximum Gasteiger partial charge on any atom is 0.251 e. The Balaban J connectivity index is 2.15. The first-order chi connectivity index (χ1) is 16.3. The maximum absolute atomic E-state index is 13.1. The Morgan fingerprint density at radius 1 is 1.15 bits per heavy atom. The first-order valence-corrected chi connectivity index (χ1v) is 13.0. The Kier molecular flexibility index (Phi) is 12.1. The molecule has 0 spiro atoms. The number of rotatable bonds is 7. The number of hydrogen-bond donors (Lipinski definition) is 4. The summed E-state index contributed by atoms with van der Waals surface area (Å²) >= 11 is 0. The monoisotopic (exact) mass is 473 g/mol. The molecule has 1 aromatic carbocycles. The predicted molar refractivity (Wildman–Crippen MR) is 135 cm³/mol. The quantitative estimate of drug-likeness (QED) is 0.452.